The lowest BCUT2D eigenvalue weighted by Gasteiger charge is -2.07. The van der Waals surface area contributed by atoms with Crippen molar-refractivity contribution in [2.24, 2.45) is 0 Å². The second kappa shape index (κ2) is 5.15. The van der Waals surface area contributed by atoms with Crippen LogP contribution in [0.5, 0.6) is 0 Å². The lowest BCUT2D eigenvalue weighted by atomic mass is 10.0. The van der Waals surface area contributed by atoms with Gasteiger partial charge in [0.2, 0.25) is 0 Å². The van der Waals surface area contributed by atoms with Crippen LogP contribution in [-0.4, -0.2) is 11.7 Å². The third kappa shape index (κ3) is 3.22. The maximum absolute atomic E-state index is 10.2. The molecule has 0 heterocycles. The zero-order valence-corrected chi connectivity index (χ0v) is 7.76. The molecule has 0 aromatic rings. The minimum absolute atomic E-state index is 0.139. The van der Waals surface area contributed by atoms with E-state index in [0.717, 1.165) is 31.1 Å². The van der Waals surface area contributed by atoms with Crippen LogP contribution in [0.15, 0.2) is 23.8 Å². The van der Waals surface area contributed by atoms with Crippen molar-refractivity contribution in [3.05, 3.63) is 23.8 Å². The number of hydrogen-bond donors (Lipinski definition) is 0. The Morgan fingerprint density at radius 2 is 2.50 bits per heavy atom. The highest BCUT2D eigenvalue weighted by atomic mass is 35.5. The van der Waals surface area contributed by atoms with E-state index in [4.69, 9.17) is 11.6 Å². The summed E-state index contributed by atoms with van der Waals surface area (Å²) in [7, 11) is 0. The monoisotopic (exact) mass is 184 g/mol. The molecule has 1 atom stereocenters. The Morgan fingerprint density at radius 1 is 1.67 bits per heavy atom. The average molecular weight is 185 g/mol. The first kappa shape index (κ1) is 9.53. The van der Waals surface area contributed by atoms with Gasteiger partial charge in [0.1, 0.15) is 6.29 Å². The highest BCUT2D eigenvalue weighted by Gasteiger charge is 2.02. The first-order valence-electron chi connectivity index (χ1n) is 4.28. The Labute approximate surface area is 78.1 Å². The summed E-state index contributed by atoms with van der Waals surface area (Å²) in [5.74, 6) is 0. The van der Waals surface area contributed by atoms with Crippen molar-refractivity contribution in [2.45, 2.75) is 31.1 Å². The highest BCUT2D eigenvalue weighted by Crippen LogP contribution is 2.16. The molecule has 12 heavy (non-hydrogen) atoms. The van der Waals surface area contributed by atoms with Gasteiger partial charge in [-0.05, 0) is 24.8 Å². The Hall–Kier alpha value is -0.560. The van der Waals surface area contributed by atoms with Crippen molar-refractivity contribution in [1.82, 2.24) is 0 Å². The van der Waals surface area contributed by atoms with Crippen LogP contribution < -0.4 is 0 Å². The van der Waals surface area contributed by atoms with E-state index in [1.807, 2.05) is 12.2 Å². The van der Waals surface area contributed by atoms with Crippen LogP contribution in [0, 0.1) is 0 Å². The maximum atomic E-state index is 10.2. The van der Waals surface area contributed by atoms with Crippen molar-refractivity contribution in [1.29, 1.82) is 0 Å². The highest BCUT2D eigenvalue weighted by molar-refractivity contribution is 6.21. The van der Waals surface area contributed by atoms with E-state index in [1.54, 1.807) is 0 Å². The molecule has 1 aliphatic carbocycles. The minimum Gasteiger partial charge on any atom is -0.303 e. The molecule has 1 nitrogen and oxygen atoms in total. The summed E-state index contributed by atoms with van der Waals surface area (Å²) in [6.07, 6.45) is 10.7. The zero-order valence-electron chi connectivity index (χ0n) is 7.00. The molecule has 0 fully saturated rings. The number of hydrogen-bond acceptors (Lipinski definition) is 1. The molecular weight excluding hydrogens is 172 g/mol. The largest absolute Gasteiger partial charge is 0.303 e. The van der Waals surface area contributed by atoms with Crippen molar-refractivity contribution in [2.75, 3.05) is 0 Å². The molecule has 66 valence electrons. The number of allylic oxidation sites excluding steroid dienone is 4. The summed E-state index contributed by atoms with van der Waals surface area (Å²) < 4.78 is 0. The zero-order chi connectivity index (χ0) is 8.81. The molecule has 1 aliphatic rings. The number of aldehydes is 1. The maximum Gasteiger partial charge on any atom is 0.124 e. The predicted molar refractivity (Wildman–Crippen MR) is 51.4 cm³/mol. The van der Waals surface area contributed by atoms with Crippen LogP contribution in [0.25, 0.3) is 0 Å². The molecule has 0 aliphatic heterocycles. The molecule has 0 radical (unpaired) electrons. The molecule has 0 bridgehead atoms. The molecule has 0 amide bonds. The van der Waals surface area contributed by atoms with E-state index in [2.05, 4.69) is 6.08 Å². The fraction of sp³-hybridized carbons (Fsp3) is 0.500. The predicted octanol–water partition coefficient (Wildman–Crippen LogP) is 2.85. The summed E-state index contributed by atoms with van der Waals surface area (Å²) in [5, 5.41) is 0.139. The lowest BCUT2D eigenvalue weighted by Crippen LogP contribution is -1.96. The quantitative estimate of drug-likeness (QED) is 0.477. The molecule has 2 heteroatoms. The van der Waals surface area contributed by atoms with Gasteiger partial charge in [0, 0.05) is 6.42 Å². The molecule has 1 unspecified atom stereocenters. The minimum atomic E-state index is 0.139. The van der Waals surface area contributed by atoms with Crippen LogP contribution in [0.4, 0.5) is 0 Å². The van der Waals surface area contributed by atoms with Crippen LogP contribution in [0.3, 0.4) is 0 Å². The Balaban J connectivity index is 2.58. The number of carbonyl (C=O) groups excluding carboxylic acids is 1. The molecule has 1 rings (SSSR count). The van der Waals surface area contributed by atoms with Gasteiger partial charge in [0.15, 0.2) is 0 Å². The van der Waals surface area contributed by atoms with E-state index in [9.17, 15) is 4.79 Å². The van der Waals surface area contributed by atoms with Crippen LogP contribution in [0.1, 0.15) is 25.7 Å². The fourth-order valence-electron chi connectivity index (χ4n) is 1.24. The topological polar surface area (TPSA) is 17.1 Å². The Bertz CT molecular complexity index is 206. The van der Waals surface area contributed by atoms with Gasteiger partial charge in [0.05, 0.1) is 5.38 Å². The number of halogens is 1. The van der Waals surface area contributed by atoms with Gasteiger partial charge in [-0.3, -0.25) is 0 Å². The normalized spacial score (nSPS) is 31.1. The summed E-state index contributed by atoms with van der Waals surface area (Å²) in [5.41, 5.74) is 1.09. The van der Waals surface area contributed by atoms with Crippen LogP contribution in [0.2, 0.25) is 0 Å². The average Bonchev–Trinajstić information content (AvgIpc) is 2.04. The smallest absolute Gasteiger partial charge is 0.124 e. The SMILES string of the molecule is O=CCC1=C/CCCC(Cl)/C=C\1. The van der Waals surface area contributed by atoms with Gasteiger partial charge >= 0.3 is 0 Å². The first-order valence-corrected chi connectivity index (χ1v) is 4.71. The van der Waals surface area contributed by atoms with E-state index in [0.29, 0.717) is 6.42 Å². The molecule has 0 aromatic carbocycles. The summed E-state index contributed by atoms with van der Waals surface area (Å²) in [6.45, 7) is 0. The van der Waals surface area contributed by atoms with E-state index < -0.39 is 0 Å². The van der Waals surface area contributed by atoms with Crippen molar-refractivity contribution in [3.8, 4) is 0 Å². The van der Waals surface area contributed by atoms with Crippen molar-refractivity contribution >= 4 is 17.9 Å². The summed E-state index contributed by atoms with van der Waals surface area (Å²) >= 11 is 5.96. The van der Waals surface area contributed by atoms with Gasteiger partial charge in [0.25, 0.3) is 0 Å². The molecule has 0 N–H and O–H groups in total. The fourth-order valence-corrected chi connectivity index (χ4v) is 1.47. The van der Waals surface area contributed by atoms with Crippen LogP contribution >= 0.6 is 11.6 Å². The third-order valence-electron chi connectivity index (χ3n) is 1.93. The third-order valence-corrected chi connectivity index (χ3v) is 2.29. The molecular formula is C10H13ClO. The summed E-state index contributed by atoms with van der Waals surface area (Å²) in [4.78, 5) is 10.2. The lowest BCUT2D eigenvalue weighted by molar-refractivity contribution is -0.107. The number of rotatable bonds is 2. The standard InChI is InChI=1S/C10H13ClO/c11-10-4-2-1-3-9(5-6-10)7-8-12/h3,5-6,8,10H,1-2,4,7H2/b6-5-,9-3+. The van der Waals surface area contributed by atoms with Gasteiger partial charge in [-0.2, -0.15) is 0 Å². The molecule has 0 aromatic heterocycles. The Kier molecular flexibility index (Phi) is 4.09. The van der Waals surface area contributed by atoms with Crippen LogP contribution in [-0.2, 0) is 4.79 Å². The number of carbonyl (C=O) groups is 1. The van der Waals surface area contributed by atoms with Gasteiger partial charge in [-0.15, -0.1) is 11.6 Å². The molecule has 0 spiro atoms. The molecule has 0 saturated carbocycles. The van der Waals surface area contributed by atoms with E-state index in [1.165, 1.54) is 0 Å². The summed E-state index contributed by atoms with van der Waals surface area (Å²) in [6, 6.07) is 0. The van der Waals surface area contributed by atoms with Crippen molar-refractivity contribution < 1.29 is 4.79 Å². The second-order valence-corrected chi connectivity index (χ2v) is 3.52. The first-order chi connectivity index (χ1) is 5.83. The second-order valence-electron chi connectivity index (χ2n) is 2.96. The van der Waals surface area contributed by atoms with E-state index in [-0.39, 0.29) is 5.38 Å². The van der Waals surface area contributed by atoms with Crippen molar-refractivity contribution in [3.63, 3.8) is 0 Å². The Morgan fingerprint density at radius 3 is 3.25 bits per heavy atom. The number of alkyl halides is 1. The van der Waals surface area contributed by atoms with Gasteiger partial charge in [-0.1, -0.05) is 18.2 Å². The molecule has 0 saturated heterocycles. The van der Waals surface area contributed by atoms with Gasteiger partial charge < -0.3 is 4.79 Å². The van der Waals surface area contributed by atoms with E-state index >= 15 is 0 Å². The van der Waals surface area contributed by atoms with Gasteiger partial charge in [-0.25, -0.2) is 0 Å².